The first-order valence-corrected chi connectivity index (χ1v) is 5.25. The number of amides is 2. The summed E-state index contributed by atoms with van der Waals surface area (Å²) in [7, 11) is 0. The van der Waals surface area contributed by atoms with Gasteiger partial charge < -0.3 is 16.2 Å². The second-order valence-electron chi connectivity index (χ2n) is 3.90. The molecule has 0 saturated carbocycles. The number of benzene rings is 1. The van der Waals surface area contributed by atoms with Gasteiger partial charge in [0.05, 0.1) is 6.54 Å². The summed E-state index contributed by atoms with van der Waals surface area (Å²) < 4.78 is 0. The van der Waals surface area contributed by atoms with Crippen molar-refractivity contribution in [3.05, 3.63) is 34.9 Å². The second kappa shape index (κ2) is 5.45. The molecule has 1 aromatic rings. The van der Waals surface area contributed by atoms with Crippen LogP contribution in [0.5, 0.6) is 0 Å². The highest BCUT2D eigenvalue weighted by molar-refractivity contribution is 5.97. The van der Waals surface area contributed by atoms with Crippen molar-refractivity contribution in [2.24, 2.45) is 5.73 Å². The van der Waals surface area contributed by atoms with Crippen LogP contribution in [0.4, 0.5) is 0 Å². The summed E-state index contributed by atoms with van der Waals surface area (Å²) in [5, 5.41) is 11.6. The normalized spacial score (nSPS) is 11.9. The van der Waals surface area contributed by atoms with Crippen LogP contribution in [-0.2, 0) is 4.79 Å². The highest BCUT2D eigenvalue weighted by atomic mass is 16.3. The van der Waals surface area contributed by atoms with Crippen LogP contribution < -0.4 is 11.1 Å². The Balaban J connectivity index is 2.74. The smallest absolute Gasteiger partial charge is 0.251 e. The predicted octanol–water partition coefficient (Wildman–Crippen LogP) is -0.121. The third-order valence-corrected chi connectivity index (χ3v) is 2.49. The molecule has 5 heteroatoms. The minimum Gasteiger partial charge on any atom is -0.381 e. The van der Waals surface area contributed by atoms with Gasteiger partial charge in [-0.05, 0) is 25.0 Å². The fourth-order valence-corrected chi connectivity index (χ4v) is 1.55. The number of rotatable bonds is 4. The van der Waals surface area contributed by atoms with E-state index in [2.05, 4.69) is 5.32 Å². The van der Waals surface area contributed by atoms with Gasteiger partial charge in [-0.15, -0.1) is 0 Å². The third-order valence-electron chi connectivity index (χ3n) is 2.49. The summed E-state index contributed by atoms with van der Waals surface area (Å²) in [6.07, 6.45) is -1.36. The maximum atomic E-state index is 11.8. The lowest BCUT2D eigenvalue weighted by atomic mass is 10.0. The quantitative estimate of drug-likeness (QED) is 0.680. The summed E-state index contributed by atoms with van der Waals surface area (Å²) in [5.74, 6) is -1.17. The van der Waals surface area contributed by atoms with Crippen LogP contribution in [0, 0.1) is 13.8 Å². The van der Waals surface area contributed by atoms with Gasteiger partial charge in [0.25, 0.3) is 5.91 Å². The van der Waals surface area contributed by atoms with Crippen molar-refractivity contribution in [3.8, 4) is 0 Å². The first kappa shape index (κ1) is 13.2. The van der Waals surface area contributed by atoms with Gasteiger partial charge in [-0.1, -0.05) is 18.2 Å². The summed E-state index contributed by atoms with van der Waals surface area (Å²) in [6, 6.07) is 5.51. The maximum absolute atomic E-state index is 11.8. The molecule has 0 aromatic heterocycles. The van der Waals surface area contributed by atoms with Crippen LogP contribution >= 0.6 is 0 Å². The van der Waals surface area contributed by atoms with E-state index in [1.165, 1.54) is 0 Å². The fourth-order valence-electron chi connectivity index (χ4n) is 1.55. The molecule has 1 atom stereocenters. The molecule has 0 bridgehead atoms. The summed E-state index contributed by atoms with van der Waals surface area (Å²) in [5.41, 5.74) is 7.13. The molecule has 1 rings (SSSR count). The number of primary amides is 1. The highest BCUT2D eigenvalue weighted by Gasteiger charge is 2.15. The van der Waals surface area contributed by atoms with E-state index in [1.54, 1.807) is 0 Å². The van der Waals surface area contributed by atoms with E-state index in [9.17, 15) is 14.7 Å². The van der Waals surface area contributed by atoms with Crippen LogP contribution in [0.25, 0.3) is 0 Å². The summed E-state index contributed by atoms with van der Waals surface area (Å²) in [4.78, 5) is 22.4. The number of hydrogen-bond donors (Lipinski definition) is 3. The second-order valence-corrected chi connectivity index (χ2v) is 3.90. The van der Waals surface area contributed by atoms with Gasteiger partial charge in [0.1, 0.15) is 6.10 Å². The Bertz CT molecular complexity index is 423. The summed E-state index contributed by atoms with van der Waals surface area (Å²) in [6.45, 7) is 3.47. The molecule has 0 fully saturated rings. The van der Waals surface area contributed by atoms with Crippen molar-refractivity contribution < 1.29 is 14.7 Å². The molecule has 0 heterocycles. The third kappa shape index (κ3) is 3.29. The Morgan fingerprint density at radius 1 is 1.35 bits per heavy atom. The van der Waals surface area contributed by atoms with Crippen LogP contribution in [0.15, 0.2) is 18.2 Å². The van der Waals surface area contributed by atoms with E-state index >= 15 is 0 Å². The highest BCUT2D eigenvalue weighted by Crippen LogP contribution is 2.12. The number of hydrogen-bond acceptors (Lipinski definition) is 3. The van der Waals surface area contributed by atoms with E-state index in [-0.39, 0.29) is 12.5 Å². The average molecular weight is 236 g/mol. The van der Waals surface area contributed by atoms with Crippen LogP contribution in [0.1, 0.15) is 21.5 Å². The number of carbonyl (C=O) groups excluding carboxylic acids is 2. The topological polar surface area (TPSA) is 92.4 Å². The molecule has 2 amide bonds. The molecule has 0 saturated heterocycles. The van der Waals surface area contributed by atoms with E-state index in [0.717, 1.165) is 11.1 Å². The molecular formula is C12H16N2O3. The number of nitrogens with one attached hydrogen (secondary N) is 1. The van der Waals surface area contributed by atoms with Crippen molar-refractivity contribution in [2.45, 2.75) is 20.0 Å². The van der Waals surface area contributed by atoms with Gasteiger partial charge in [0.2, 0.25) is 5.91 Å². The number of aliphatic hydroxyl groups excluding tert-OH is 1. The van der Waals surface area contributed by atoms with Crippen molar-refractivity contribution >= 4 is 11.8 Å². The fraction of sp³-hybridized carbons (Fsp3) is 0.333. The number of aryl methyl sites for hydroxylation is 2. The monoisotopic (exact) mass is 236 g/mol. The van der Waals surface area contributed by atoms with Crippen molar-refractivity contribution in [2.75, 3.05) is 6.54 Å². The molecule has 0 radical (unpaired) electrons. The first-order chi connectivity index (χ1) is 7.93. The van der Waals surface area contributed by atoms with Gasteiger partial charge in [0.15, 0.2) is 0 Å². The Labute approximate surface area is 99.6 Å². The SMILES string of the molecule is Cc1cccc(C)c1C(=O)NCC(O)C(N)=O. The molecule has 0 aliphatic rings. The largest absolute Gasteiger partial charge is 0.381 e. The van der Waals surface area contributed by atoms with Crippen LogP contribution in [0.2, 0.25) is 0 Å². The lowest BCUT2D eigenvalue weighted by molar-refractivity contribution is -0.125. The average Bonchev–Trinajstić information content (AvgIpc) is 2.25. The molecule has 4 N–H and O–H groups in total. The summed E-state index contributed by atoms with van der Waals surface area (Å²) >= 11 is 0. The Morgan fingerprint density at radius 3 is 2.35 bits per heavy atom. The zero-order valence-corrected chi connectivity index (χ0v) is 9.86. The van der Waals surface area contributed by atoms with Crippen LogP contribution in [-0.4, -0.2) is 29.6 Å². The minimum absolute atomic E-state index is 0.179. The Kier molecular flexibility index (Phi) is 4.23. The number of aliphatic hydroxyl groups is 1. The van der Waals surface area contributed by atoms with E-state index in [1.807, 2.05) is 32.0 Å². The minimum atomic E-state index is -1.36. The maximum Gasteiger partial charge on any atom is 0.251 e. The zero-order chi connectivity index (χ0) is 13.0. The molecule has 0 aliphatic carbocycles. The molecule has 0 spiro atoms. The van der Waals surface area contributed by atoms with Gasteiger partial charge in [-0.3, -0.25) is 9.59 Å². The standard InChI is InChI=1S/C12H16N2O3/c1-7-4-3-5-8(2)10(7)12(17)14-6-9(15)11(13)16/h3-5,9,15H,6H2,1-2H3,(H2,13,16)(H,14,17). The van der Waals surface area contributed by atoms with Crippen molar-refractivity contribution in [1.82, 2.24) is 5.32 Å². The number of nitrogens with two attached hydrogens (primary N) is 1. The van der Waals surface area contributed by atoms with Gasteiger partial charge in [-0.25, -0.2) is 0 Å². The Hall–Kier alpha value is -1.88. The van der Waals surface area contributed by atoms with E-state index in [4.69, 9.17) is 5.73 Å². The number of carbonyl (C=O) groups is 2. The molecule has 1 aromatic carbocycles. The predicted molar refractivity (Wildman–Crippen MR) is 63.5 cm³/mol. The van der Waals surface area contributed by atoms with Gasteiger partial charge in [-0.2, -0.15) is 0 Å². The van der Waals surface area contributed by atoms with Crippen molar-refractivity contribution in [1.29, 1.82) is 0 Å². The lowest BCUT2D eigenvalue weighted by Gasteiger charge is -2.11. The zero-order valence-electron chi connectivity index (χ0n) is 9.86. The Morgan fingerprint density at radius 2 is 1.88 bits per heavy atom. The molecule has 17 heavy (non-hydrogen) atoms. The molecular weight excluding hydrogens is 220 g/mol. The van der Waals surface area contributed by atoms with Crippen LogP contribution in [0.3, 0.4) is 0 Å². The molecule has 0 aliphatic heterocycles. The van der Waals surface area contributed by atoms with E-state index in [0.29, 0.717) is 5.56 Å². The molecule has 1 unspecified atom stereocenters. The van der Waals surface area contributed by atoms with E-state index < -0.39 is 12.0 Å². The molecule has 5 nitrogen and oxygen atoms in total. The van der Waals surface area contributed by atoms with Crippen molar-refractivity contribution in [3.63, 3.8) is 0 Å². The lowest BCUT2D eigenvalue weighted by Crippen LogP contribution is -2.40. The molecule has 92 valence electrons. The van der Waals surface area contributed by atoms with Gasteiger partial charge >= 0.3 is 0 Å². The first-order valence-electron chi connectivity index (χ1n) is 5.25. The van der Waals surface area contributed by atoms with Gasteiger partial charge in [0, 0.05) is 5.56 Å².